The van der Waals surface area contributed by atoms with E-state index >= 15 is 0 Å². The number of aliphatic hydroxyl groups excluding tert-OH is 1. The fourth-order valence-electron chi connectivity index (χ4n) is 1.90. The standard InChI is InChI=1S/C14H16N2O3/c1-8-5-12(15-7-9(2)17)11-4-3-10(14(18)19)6-13(11)16-8/h3-6,9,17H,7H2,1-2H3,(H,15,16)(H,18,19). The minimum atomic E-state index is -0.969. The van der Waals surface area contributed by atoms with E-state index in [0.717, 1.165) is 16.8 Å². The van der Waals surface area contributed by atoms with E-state index in [-0.39, 0.29) is 5.56 Å². The molecule has 100 valence electrons. The number of aromatic carboxylic acids is 1. The number of anilines is 1. The second-order valence-corrected chi connectivity index (χ2v) is 4.58. The maximum absolute atomic E-state index is 11.0. The molecule has 0 radical (unpaired) electrons. The number of carbonyl (C=O) groups is 1. The Labute approximate surface area is 110 Å². The molecule has 0 aliphatic heterocycles. The molecule has 0 saturated carbocycles. The number of nitrogens with one attached hydrogen (secondary N) is 1. The van der Waals surface area contributed by atoms with Gasteiger partial charge in [0.05, 0.1) is 17.2 Å². The number of aryl methyl sites for hydroxylation is 1. The Morgan fingerprint density at radius 2 is 2.16 bits per heavy atom. The molecule has 0 bridgehead atoms. The third kappa shape index (κ3) is 3.00. The molecule has 19 heavy (non-hydrogen) atoms. The van der Waals surface area contributed by atoms with Gasteiger partial charge in [0.1, 0.15) is 0 Å². The van der Waals surface area contributed by atoms with Crippen molar-refractivity contribution >= 4 is 22.6 Å². The van der Waals surface area contributed by atoms with E-state index in [1.807, 2.05) is 13.0 Å². The molecular weight excluding hydrogens is 244 g/mol. The third-order valence-corrected chi connectivity index (χ3v) is 2.77. The van der Waals surface area contributed by atoms with Crippen molar-refractivity contribution < 1.29 is 15.0 Å². The quantitative estimate of drug-likeness (QED) is 0.783. The van der Waals surface area contributed by atoms with Gasteiger partial charge < -0.3 is 15.5 Å². The van der Waals surface area contributed by atoms with E-state index in [0.29, 0.717) is 12.1 Å². The predicted molar refractivity (Wildman–Crippen MR) is 73.6 cm³/mol. The lowest BCUT2D eigenvalue weighted by Crippen LogP contribution is -2.15. The SMILES string of the molecule is Cc1cc(NCC(C)O)c2ccc(C(=O)O)cc2n1. The van der Waals surface area contributed by atoms with Crippen LogP contribution in [0.4, 0.5) is 5.69 Å². The molecule has 2 rings (SSSR count). The molecule has 1 atom stereocenters. The molecule has 0 fully saturated rings. The van der Waals surface area contributed by atoms with Gasteiger partial charge in [0.25, 0.3) is 0 Å². The van der Waals surface area contributed by atoms with Crippen LogP contribution in [-0.4, -0.2) is 33.8 Å². The summed E-state index contributed by atoms with van der Waals surface area (Å²) in [5, 5.41) is 22.3. The predicted octanol–water partition coefficient (Wildman–Crippen LogP) is 2.03. The third-order valence-electron chi connectivity index (χ3n) is 2.77. The molecule has 0 saturated heterocycles. The van der Waals surface area contributed by atoms with Crippen molar-refractivity contribution in [2.24, 2.45) is 0 Å². The van der Waals surface area contributed by atoms with Gasteiger partial charge in [-0.15, -0.1) is 0 Å². The second-order valence-electron chi connectivity index (χ2n) is 4.58. The molecule has 0 aliphatic rings. The highest BCUT2D eigenvalue weighted by Gasteiger charge is 2.08. The molecule has 5 heteroatoms. The summed E-state index contributed by atoms with van der Waals surface area (Å²) < 4.78 is 0. The van der Waals surface area contributed by atoms with E-state index in [1.165, 1.54) is 0 Å². The van der Waals surface area contributed by atoms with E-state index in [9.17, 15) is 9.90 Å². The van der Waals surface area contributed by atoms with Crippen LogP contribution in [0.3, 0.4) is 0 Å². The Morgan fingerprint density at radius 1 is 1.42 bits per heavy atom. The maximum Gasteiger partial charge on any atom is 0.335 e. The van der Waals surface area contributed by atoms with Crippen LogP contribution in [0, 0.1) is 6.92 Å². The second kappa shape index (κ2) is 5.24. The highest BCUT2D eigenvalue weighted by molar-refractivity contribution is 5.97. The summed E-state index contributed by atoms with van der Waals surface area (Å²) in [7, 11) is 0. The molecule has 1 heterocycles. The van der Waals surface area contributed by atoms with Crippen molar-refractivity contribution in [3.63, 3.8) is 0 Å². The molecule has 2 aromatic rings. The van der Waals surface area contributed by atoms with Crippen molar-refractivity contribution in [1.82, 2.24) is 4.98 Å². The number of hydrogen-bond donors (Lipinski definition) is 3. The van der Waals surface area contributed by atoms with Gasteiger partial charge in [-0.25, -0.2) is 4.79 Å². The van der Waals surface area contributed by atoms with Crippen LogP contribution < -0.4 is 5.32 Å². The van der Waals surface area contributed by atoms with Crippen LogP contribution in [0.5, 0.6) is 0 Å². The number of nitrogens with zero attached hydrogens (tertiary/aromatic N) is 1. The zero-order valence-electron chi connectivity index (χ0n) is 10.8. The van der Waals surface area contributed by atoms with Gasteiger partial charge in [0, 0.05) is 23.3 Å². The van der Waals surface area contributed by atoms with Crippen molar-refractivity contribution in [2.45, 2.75) is 20.0 Å². The summed E-state index contributed by atoms with van der Waals surface area (Å²) in [6.45, 7) is 3.98. The number of rotatable bonds is 4. The van der Waals surface area contributed by atoms with Gasteiger partial charge in [-0.05, 0) is 38.1 Å². The zero-order valence-corrected chi connectivity index (χ0v) is 10.8. The smallest absolute Gasteiger partial charge is 0.335 e. The van der Waals surface area contributed by atoms with Gasteiger partial charge in [-0.3, -0.25) is 4.98 Å². The summed E-state index contributed by atoms with van der Waals surface area (Å²) in [6, 6.07) is 6.72. The first kappa shape index (κ1) is 13.3. The fourth-order valence-corrected chi connectivity index (χ4v) is 1.90. The van der Waals surface area contributed by atoms with E-state index in [4.69, 9.17) is 5.11 Å². The zero-order chi connectivity index (χ0) is 14.0. The first-order valence-electron chi connectivity index (χ1n) is 6.04. The summed E-state index contributed by atoms with van der Waals surface area (Å²) in [6.07, 6.45) is -0.457. The molecule has 0 spiro atoms. The molecule has 5 nitrogen and oxygen atoms in total. The molecule has 1 aromatic heterocycles. The number of pyridine rings is 1. The molecule has 1 unspecified atom stereocenters. The lowest BCUT2D eigenvalue weighted by molar-refractivity contribution is 0.0697. The Hall–Kier alpha value is -2.14. The highest BCUT2D eigenvalue weighted by Crippen LogP contribution is 2.24. The molecule has 3 N–H and O–H groups in total. The van der Waals surface area contributed by atoms with Crippen molar-refractivity contribution in [3.8, 4) is 0 Å². The number of aliphatic hydroxyl groups is 1. The molecular formula is C14H16N2O3. The monoisotopic (exact) mass is 260 g/mol. The number of fused-ring (bicyclic) bond motifs is 1. The first-order chi connectivity index (χ1) is 8.97. The highest BCUT2D eigenvalue weighted by atomic mass is 16.4. The van der Waals surface area contributed by atoms with E-state index in [2.05, 4.69) is 10.3 Å². The van der Waals surface area contributed by atoms with E-state index < -0.39 is 12.1 Å². The van der Waals surface area contributed by atoms with Crippen LogP contribution in [-0.2, 0) is 0 Å². The van der Waals surface area contributed by atoms with Crippen LogP contribution in [0.25, 0.3) is 10.9 Å². The summed E-state index contributed by atoms with van der Waals surface area (Å²) in [5.74, 6) is -0.969. The first-order valence-corrected chi connectivity index (χ1v) is 6.04. The van der Waals surface area contributed by atoms with Crippen LogP contribution in [0.15, 0.2) is 24.3 Å². The van der Waals surface area contributed by atoms with Crippen molar-refractivity contribution in [1.29, 1.82) is 0 Å². The average Bonchev–Trinajstić information content (AvgIpc) is 2.34. The molecule has 0 aliphatic carbocycles. The minimum absolute atomic E-state index is 0.215. The number of hydrogen-bond acceptors (Lipinski definition) is 4. The topological polar surface area (TPSA) is 82.5 Å². The summed E-state index contributed by atoms with van der Waals surface area (Å²) in [4.78, 5) is 15.3. The maximum atomic E-state index is 11.0. The normalized spacial score (nSPS) is 12.4. The Kier molecular flexibility index (Phi) is 3.66. The lowest BCUT2D eigenvalue weighted by atomic mass is 10.1. The number of carboxylic acid groups (broad SMARTS) is 1. The Bertz CT molecular complexity index is 623. The minimum Gasteiger partial charge on any atom is -0.478 e. The van der Waals surface area contributed by atoms with Crippen molar-refractivity contribution in [3.05, 3.63) is 35.5 Å². The van der Waals surface area contributed by atoms with Crippen LogP contribution in [0.2, 0.25) is 0 Å². The summed E-state index contributed by atoms with van der Waals surface area (Å²) in [5.41, 5.74) is 2.49. The van der Waals surface area contributed by atoms with Gasteiger partial charge >= 0.3 is 5.97 Å². The van der Waals surface area contributed by atoms with Gasteiger partial charge in [0.2, 0.25) is 0 Å². The van der Waals surface area contributed by atoms with Crippen molar-refractivity contribution in [2.75, 3.05) is 11.9 Å². The van der Waals surface area contributed by atoms with Gasteiger partial charge in [0.15, 0.2) is 0 Å². The summed E-state index contributed by atoms with van der Waals surface area (Å²) >= 11 is 0. The Morgan fingerprint density at radius 3 is 2.79 bits per heavy atom. The largest absolute Gasteiger partial charge is 0.478 e. The lowest BCUT2D eigenvalue weighted by Gasteiger charge is -2.12. The number of carboxylic acids is 1. The average molecular weight is 260 g/mol. The fraction of sp³-hybridized carbons (Fsp3) is 0.286. The number of aromatic nitrogens is 1. The molecule has 1 aromatic carbocycles. The van der Waals surface area contributed by atoms with Gasteiger partial charge in [-0.1, -0.05) is 0 Å². The van der Waals surface area contributed by atoms with E-state index in [1.54, 1.807) is 25.1 Å². The van der Waals surface area contributed by atoms with Crippen LogP contribution >= 0.6 is 0 Å². The van der Waals surface area contributed by atoms with Gasteiger partial charge in [-0.2, -0.15) is 0 Å². The molecule has 0 amide bonds. The Balaban J connectivity index is 2.49. The number of benzene rings is 1. The van der Waals surface area contributed by atoms with Crippen LogP contribution in [0.1, 0.15) is 23.0 Å².